The van der Waals surface area contributed by atoms with Crippen LogP contribution in [-0.4, -0.2) is 5.78 Å². The van der Waals surface area contributed by atoms with E-state index in [9.17, 15) is 4.79 Å². The predicted molar refractivity (Wildman–Crippen MR) is 187 cm³/mol. The zero-order valence-corrected chi connectivity index (χ0v) is 26.7. The lowest BCUT2D eigenvalue weighted by Gasteiger charge is -2.14. The molecule has 0 aliphatic carbocycles. The standard InChI is InChI=1S/C43H38O3/c1-29-5-9-33(10-6-29)31(3)35-13-21-39(22-14-35)45-41-25-17-37(18-26-41)43(44)38-19-27-42(28-20-38)46-40-23-15-36(16-24-40)32(4)34-11-7-30(2)8-12-34/h5-28,31-32H,1-4H3. The third kappa shape index (κ3) is 7.27. The molecule has 2 unspecified atom stereocenters. The SMILES string of the molecule is Cc1ccc(C(C)c2ccc(Oc3ccc(C(=O)c4ccc(Oc5ccc(C(C)c6ccc(C)cc6)cc5)cc4)cc3)cc2)cc1. The number of aryl methyl sites for hydroxylation is 2. The summed E-state index contributed by atoms with van der Waals surface area (Å²) in [5.74, 6) is 3.41. The molecule has 0 radical (unpaired) electrons. The van der Waals surface area contributed by atoms with Gasteiger partial charge in [0.15, 0.2) is 5.78 Å². The molecule has 0 spiro atoms. The molecule has 6 aromatic rings. The first-order chi connectivity index (χ1) is 22.3. The summed E-state index contributed by atoms with van der Waals surface area (Å²) in [6, 6.07) is 48.2. The Morgan fingerprint density at radius 2 is 0.630 bits per heavy atom. The highest BCUT2D eigenvalue weighted by atomic mass is 16.5. The van der Waals surface area contributed by atoms with Gasteiger partial charge in [0.2, 0.25) is 0 Å². The maximum absolute atomic E-state index is 13.2. The number of benzene rings is 6. The second-order valence-corrected chi connectivity index (χ2v) is 12.0. The Kier molecular flexibility index (Phi) is 9.12. The topological polar surface area (TPSA) is 35.5 Å². The number of carbonyl (C=O) groups is 1. The zero-order valence-electron chi connectivity index (χ0n) is 26.7. The van der Waals surface area contributed by atoms with E-state index < -0.39 is 0 Å². The highest BCUT2D eigenvalue weighted by Crippen LogP contribution is 2.30. The van der Waals surface area contributed by atoms with Crippen molar-refractivity contribution in [1.29, 1.82) is 0 Å². The van der Waals surface area contributed by atoms with E-state index in [0.717, 1.165) is 11.5 Å². The van der Waals surface area contributed by atoms with Crippen LogP contribution in [0, 0.1) is 13.8 Å². The molecule has 0 aromatic heterocycles. The molecule has 0 N–H and O–H groups in total. The minimum Gasteiger partial charge on any atom is -0.457 e. The largest absolute Gasteiger partial charge is 0.457 e. The molecule has 0 aliphatic heterocycles. The number of ether oxygens (including phenoxy) is 2. The molecule has 0 saturated carbocycles. The van der Waals surface area contributed by atoms with Gasteiger partial charge < -0.3 is 9.47 Å². The van der Waals surface area contributed by atoms with E-state index in [4.69, 9.17) is 9.47 Å². The van der Waals surface area contributed by atoms with Crippen LogP contribution in [-0.2, 0) is 0 Å². The molecule has 228 valence electrons. The van der Waals surface area contributed by atoms with Crippen molar-refractivity contribution in [3.05, 3.63) is 190 Å². The van der Waals surface area contributed by atoms with Gasteiger partial charge in [-0.1, -0.05) is 97.8 Å². The molecule has 46 heavy (non-hydrogen) atoms. The van der Waals surface area contributed by atoms with Gasteiger partial charge in [-0.2, -0.15) is 0 Å². The van der Waals surface area contributed by atoms with Crippen molar-refractivity contribution >= 4 is 5.78 Å². The maximum atomic E-state index is 13.2. The summed E-state index contributed by atoms with van der Waals surface area (Å²) in [4.78, 5) is 13.2. The van der Waals surface area contributed by atoms with Gasteiger partial charge in [-0.25, -0.2) is 0 Å². The molecule has 3 nitrogen and oxygen atoms in total. The summed E-state index contributed by atoms with van der Waals surface area (Å²) >= 11 is 0. The molecule has 6 aromatic carbocycles. The second kappa shape index (κ2) is 13.7. The fraction of sp³-hybridized carbons (Fsp3) is 0.140. The average Bonchev–Trinajstić information content (AvgIpc) is 3.09. The van der Waals surface area contributed by atoms with Crippen LogP contribution < -0.4 is 9.47 Å². The first-order valence-electron chi connectivity index (χ1n) is 15.8. The number of hydrogen-bond donors (Lipinski definition) is 0. The summed E-state index contributed by atoms with van der Waals surface area (Å²) in [6.07, 6.45) is 0. The van der Waals surface area contributed by atoms with E-state index in [-0.39, 0.29) is 5.78 Å². The van der Waals surface area contributed by atoms with E-state index in [2.05, 4.69) is 100 Å². The highest BCUT2D eigenvalue weighted by molar-refractivity contribution is 6.09. The summed E-state index contributed by atoms with van der Waals surface area (Å²) in [7, 11) is 0. The first kappa shape index (κ1) is 30.6. The van der Waals surface area contributed by atoms with Crippen molar-refractivity contribution in [2.45, 2.75) is 39.5 Å². The van der Waals surface area contributed by atoms with Gasteiger partial charge >= 0.3 is 0 Å². The minimum absolute atomic E-state index is 0.0537. The Morgan fingerprint density at radius 3 is 0.913 bits per heavy atom. The molecule has 3 heteroatoms. The van der Waals surface area contributed by atoms with Crippen LogP contribution in [0.4, 0.5) is 0 Å². The van der Waals surface area contributed by atoms with Crippen molar-refractivity contribution in [3.8, 4) is 23.0 Å². The Hall–Kier alpha value is -5.41. The van der Waals surface area contributed by atoms with Crippen molar-refractivity contribution in [2.24, 2.45) is 0 Å². The lowest BCUT2D eigenvalue weighted by Crippen LogP contribution is -2.01. The fourth-order valence-electron chi connectivity index (χ4n) is 5.53. The first-order valence-corrected chi connectivity index (χ1v) is 15.8. The quantitative estimate of drug-likeness (QED) is 0.146. The van der Waals surface area contributed by atoms with Gasteiger partial charge in [0.25, 0.3) is 0 Å². The highest BCUT2D eigenvalue weighted by Gasteiger charge is 2.12. The van der Waals surface area contributed by atoms with Gasteiger partial charge in [-0.15, -0.1) is 0 Å². The number of rotatable bonds is 10. The van der Waals surface area contributed by atoms with Gasteiger partial charge in [0, 0.05) is 23.0 Å². The summed E-state index contributed by atoms with van der Waals surface area (Å²) in [5.41, 5.74) is 8.76. The fourth-order valence-corrected chi connectivity index (χ4v) is 5.53. The zero-order chi connectivity index (χ0) is 32.0. The molecule has 0 aliphatic rings. The van der Waals surface area contributed by atoms with E-state index in [1.807, 2.05) is 48.5 Å². The van der Waals surface area contributed by atoms with Crippen LogP contribution >= 0.6 is 0 Å². The summed E-state index contributed by atoms with van der Waals surface area (Å²) in [6.45, 7) is 8.63. The lowest BCUT2D eigenvalue weighted by molar-refractivity contribution is 0.103. The van der Waals surface area contributed by atoms with E-state index in [0.29, 0.717) is 34.5 Å². The van der Waals surface area contributed by atoms with Crippen molar-refractivity contribution in [1.82, 2.24) is 0 Å². The predicted octanol–water partition coefficient (Wildman–Crippen LogP) is 11.4. The number of ketones is 1. The van der Waals surface area contributed by atoms with E-state index >= 15 is 0 Å². The Bertz CT molecular complexity index is 1740. The third-order valence-electron chi connectivity index (χ3n) is 8.62. The van der Waals surface area contributed by atoms with Crippen LogP contribution in [0.3, 0.4) is 0 Å². The van der Waals surface area contributed by atoms with Crippen LogP contribution in [0.1, 0.15) is 75.0 Å². The summed E-state index contributed by atoms with van der Waals surface area (Å²) in [5, 5.41) is 0. The van der Waals surface area contributed by atoms with Crippen molar-refractivity contribution < 1.29 is 14.3 Å². The van der Waals surface area contributed by atoms with E-state index in [1.165, 1.54) is 33.4 Å². The maximum Gasteiger partial charge on any atom is 0.193 e. The van der Waals surface area contributed by atoms with Crippen molar-refractivity contribution in [3.63, 3.8) is 0 Å². The molecule has 0 heterocycles. The Balaban J connectivity index is 1.04. The van der Waals surface area contributed by atoms with Crippen LogP contribution in [0.2, 0.25) is 0 Å². The Labute approximate surface area is 272 Å². The van der Waals surface area contributed by atoms with Gasteiger partial charge in [-0.3, -0.25) is 4.79 Å². The average molecular weight is 603 g/mol. The van der Waals surface area contributed by atoms with Crippen LogP contribution in [0.5, 0.6) is 23.0 Å². The van der Waals surface area contributed by atoms with Gasteiger partial charge in [0.1, 0.15) is 23.0 Å². The molecule has 0 fully saturated rings. The Morgan fingerprint density at radius 1 is 0.391 bits per heavy atom. The molecule has 0 amide bonds. The molecule has 6 rings (SSSR count). The number of carbonyl (C=O) groups excluding carboxylic acids is 1. The second-order valence-electron chi connectivity index (χ2n) is 12.0. The molecule has 2 atom stereocenters. The van der Waals surface area contributed by atoms with Crippen LogP contribution in [0.25, 0.3) is 0 Å². The molecular formula is C43H38O3. The van der Waals surface area contributed by atoms with Crippen LogP contribution in [0.15, 0.2) is 146 Å². The molecule has 0 saturated heterocycles. The normalized spacial score (nSPS) is 12.3. The smallest absolute Gasteiger partial charge is 0.193 e. The monoisotopic (exact) mass is 602 g/mol. The van der Waals surface area contributed by atoms with Crippen molar-refractivity contribution in [2.75, 3.05) is 0 Å². The molecule has 0 bridgehead atoms. The minimum atomic E-state index is -0.0537. The number of hydrogen-bond acceptors (Lipinski definition) is 3. The summed E-state index contributed by atoms with van der Waals surface area (Å²) < 4.78 is 12.1. The lowest BCUT2D eigenvalue weighted by atomic mass is 9.93. The van der Waals surface area contributed by atoms with Gasteiger partial charge in [0.05, 0.1) is 0 Å². The van der Waals surface area contributed by atoms with E-state index in [1.54, 1.807) is 24.3 Å². The van der Waals surface area contributed by atoms with Gasteiger partial charge in [-0.05, 0) is 109 Å². The molecular weight excluding hydrogens is 564 g/mol. The third-order valence-corrected chi connectivity index (χ3v) is 8.62.